The lowest BCUT2D eigenvalue weighted by molar-refractivity contribution is -0.140. The van der Waals surface area contributed by atoms with Crippen LogP contribution in [0.25, 0.3) is 0 Å². The number of carbonyl (C=O) groups is 1. The van der Waals surface area contributed by atoms with Gasteiger partial charge in [-0.2, -0.15) is 4.72 Å². The van der Waals surface area contributed by atoms with Gasteiger partial charge in [0, 0.05) is 0 Å². The van der Waals surface area contributed by atoms with E-state index in [9.17, 15) is 13.2 Å². The van der Waals surface area contributed by atoms with Gasteiger partial charge in [-0.25, -0.2) is 13.4 Å². The molecule has 8 heteroatoms. The summed E-state index contributed by atoms with van der Waals surface area (Å²) in [5, 5.41) is 8.84. The molecular formula is C9H15N3O4S. The summed E-state index contributed by atoms with van der Waals surface area (Å²) >= 11 is 0. The van der Waals surface area contributed by atoms with Crippen LogP contribution in [0.5, 0.6) is 0 Å². The fraction of sp³-hybridized carbons (Fsp3) is 0.556. The first kappa shape index (κ1) is 13.7. The molecule has 1 aromatic rings. The first-order chi connectivity index (χ1) is 7.88. The van der Waals surface area contributed by atoms with Crippen LogP contribution < -0.4 is 4.72 Å². The molecule has 96 valence electrons. The van der Waals surface area contributed by atoms with Crippen LogP contribution >= 0.6 is 0 Å². The van der Waals surface area contributed by atoms with Gasteiger partial charge >= 0.3 is 5.97 Å². The summed E-state index contributed by atoms with van der Waals surface area (Å²) in [5.74, 6) is -1.49. The minimum atomic E-state index is -3.87. The van der Waals surface area contributed by atoms with Gasteiger partial charge in [-0.05, 0) is 5.92 Å². The van der Waals surface area contributed by atoms with Crippen molar-refractivity contribution in [2.45, 2.75) is 31.3 Å². The molecule has 3 N–H and O–H groups in total. The minimum Gasteiger partial charge on any atom is -0.480 e. The molecule has 1 heterocycles. The normalized spacial score (nSPS) is 15.4. The Hall–Kier alpha value is -1.41. The van der Waals surface area contributed by atoms with E-state index in [2.05, 4.69) is 14.7 Å². The molecule has 0 aliphatic carbocycles. The number of hydrogen-bond donors (Lipinski definition) is 3. The SMILES string of the molecule is CCC(C)C(NS(=O)(=O)c1cnc[nH]1)C(=O)O. The lowest BCUT2D eigenvalue weighted by atomic mass is 10.0. The second-order valence-electron chi connectivity index (χ2n) is 3.74. The standard InChI is InChI=1S/C9H15N3O4S/c1-3-6(2)8(9(13)14)12-17(15,16)7-4-10-5-11-7/h4-6,8,12H,3H2,1-2H3,(H,10,11)(H,13,14). The summed E-state index contributed by atoms with van der Waals surface area (Å²) in [6.45, 7) is 3.47. The molecule has 0 bridgehead atoms. The summed E-state index contributed by atoms with van der Waals surface area (Å²) in [4.78, 5) is 17.0. The quantitative estimate of drug-likeness (QED) is 0.676. The molecule has 0 fully saturated rings. The number of aliphatic carboxylic acids is 1. The zero-order valence-corrected chi connectivity index (χ0v) is 10.4. The van der Waals surface area contributed by atoms with Crippen molar-refractivity contribution in [1.82, 2.24) is 14.7 Å². The first-order valence-corrected chi connectivity index (χ1v) is 6.60. The Bertz CT molecular complexity index is 468. The molecule has 17 heavy (non-hydrogen) atoms. The Labute approximate surface area is 99.3 Å². The zero-order chi connectivity index (χ0) is 13.1. The molecule has 0 saturated heterocycles. The number of imidazole rings is 1. The molecule has 0 saturated carbocycles. The first-order valence-electron chi connectivity index (χ1n) is 5.12. The number of sulfonamides is 1. The number of carboxylic acids is 1. The highest BCUT2D eigenvalue weighted by Gasteiger charge is 2.29. The molecule has 0 amide bonds. The van der Waals surface area contributed by atoms with Crippen molar-refractivity contribution in [2.75, 3.05) is 0 Å². The number of aromatic nitrogens is 2. The summed E-state index contributed by atoms with van der Waals surface area (Å²) in [7, 11) is -3.87. The average Bonchev–Trinajstić information content (AvgIpc) is 2.78. The van der Waals surface area contributed by atoms with Gasteiger partial charge in [-0.3, -0.25) is 4.79 Å². The molecule has 0 aromatic carbocycles. The third kappa shape index (κ3) is 3.27. The monoisotopic (exact) mass is 261 g/mol. The van der Waals surface area contributed by atoms with Gasteiger partial charge < -0.3 is 10.1 Å². The molecule has 1 aromatic heterocycles. The highest BCUT2D eigenvalue weighted by molar-refractivity contribution is 7.89. The lowest BCUT2D eigenvalue weighted by Crippen LogP contribution is -2.44. The van der Waals surface area contributed by atoms with Crippen LogP contribution in [-0.4, -0.2) is 35.5 Å². The van der Waals surface area contributed by atoms with Crippen molar-refractivity contribution in [3.05, 3.63) is 12.5 Å². The molecule has 1 rings (SSSR count). The summed E-state index contributed by atoms with van der Waals surface area (Å²) in [5.41, 5.74) is 0. The molecule has 0 aliphatic heterocycles. The van der Waals surface area contributed by atoms with Gasteiger partial charge in [-0.1, -0.05) is 20.3 Å². The van der Waals surface area contributed by atoms with E-state index in [-0.39, 0.29) is 10.9 Å². The van der Waals surface area contributed by atoms with E-state index < -0.39 is 22.0 Å². The van der Waals surface area contributed by atoms with E-state index in [1.165, 1.54) is 6.33 Å². The zero-order valence-electron chi connectivity index (χ0n) is 9.54. The van der Waals surface area contributed by atoms with E-state index in [1.807, 2.05) is 0 Å². The Kier molecular flexibility index (Phi) is 4.24. The van der Waals surface area contributed by atoms with E-state index in [0.29, 0.717) is 6.42 Å². The Balaban J connectivity index is 2.92. The summed E-state index contributed by atoms with van der Waals surface area (Å²) < 4.78 is 25.7. The number of rotatable bonds is 6. The second kappa shape index (κ2) is 5.28. The number of nitrogens with one attached hydrogen (secondary N) is 2. The van der Waals surface area contributed by atoms with E-state index in [0.717, 1.165) is 6.20 Å². The second-order valence-corrected chi connectivity index (χ2v) is 5.42. The molecular weight excluding hydrogens is 246 g/mol. The predicted molar refractivity (Wildman–Crippen MR) is 59.8 cm³/mol. The third-order valence-electron chi connectivity index (χ3n) is 2.52. The third-order valence-corrected chi connectivity index (χ3v) is 3.89. The van der Waals surface area contributed by atoms with Crippen molar-refractivity contribution in [1.29, 1.82) is 0 Å². The maximum Gasteiger partial charge on any atom is 0.322 e. The van der Waals surface area contributed by atoms with Crippen molar-refractivity contribution in [2.24, 2.45) is 5.92 Å². The maximum absolute atomic E-state index is 11.8. The molecule has 2 atom stereocenters. The van der Waals surface area contributed by atoms with Crippen LogP contribution in [0.1, 0.15) is 20.3 Å². The fourth-order valence-corrected chi connectivity index (χ4v) is 2.47. The number of hydrogen-bond acceptors (Lipinski definition) is 4. The smallest absolute Gasteiger partial charge is 0.322 e. The minimum absolute atomic E-state index is 0.146. The number of H-pyrrole nitrogens is 1. The van der Waals surface area contributed by atoms with Gasteiger partial charge in [0.25, 0.3) is 10.0 Å². The number of nitrogens with zero attached hydrogens (tertiary/aromatic N) is 1. The Morgan fingerprint density at radius 2 is 2.29 bits per heavy atom. The van der Waals surface area contributed by atoms with Gasteiger partial charge in [0.2, 0.25) is 0 Å². The van der Waals surface area contributed by atoms with Crippen molar-refractivity contribution in [3.63, 3.8) is 0 Å². The average molecular weight is 261 g/mol. The van der Waals surface area contributed by atoms with Crippen LogP contribution in [0.15, 0.2) is 17.6 Å². The largest absolute Gasteiger partial charge is 0.480 e. The van der Waals surface area contributed by atoms with Crippen molar-refractivity contribution < 1.29 is 18.3 Å². The van der Waals surface area contributed by atoms with Crippen LogP contribution in [0, 0.1) is 5.92 Å². The van der Waals surface area contributed by atoms with Crippen molar-refractivity contribution in [3.8, 4) is 0 Å². The van der Waals surface area contributed by atoms with E-state index in [1.54, 1.807) is 13.8 Å². The van der Waals surface area contributed by atoms with E-state index >= 15 is 0 Å². The van der Waals surface area contributed by atoms with Crippen LogP contribution in [0.2, 0.25) is 0 Å². The van der Waals surface area contributed by atoms with Gasteiger partial charge in [0.05, 0.1) is 12.5 Å². The van der Waals surface area contributed by atoms with Crippen molar-refractivity contribution >= 4 is 16.0 Å². The van der Waals surface area contributed by atoms with Crippen LogP contribution in [0.4, 0.5) is 0 Å². The molecule has 2 unspecified atom stereocenters. The number of carboxylic acid groups (broad SMARTS) is 1. The van der Waals surface area contributed by atoms with Gasteiger partial charge in [-0.15, -0.1) is 0 Å². The Morgan fingerprint density at radius 3 is 2.71 bits per heavy atom. The summed E-state index contributed by atoms with van der Waals surface area (Å²) in [6.07, 6.45) is 2.90. The topological polar surface area (TPSA) is 112 Å². The number of aromatic amines is 1. The Morgan fingerprint density at radius 1 is 1.65 bits per heavy atom. The molecule has 7 nitrogen and oxygen atoms in total. The maximum atomic E-state index is 11.8. The molecule has 0 spiro atoms. The van der Waals surface area contributed by atoms with Crippen LogP contribution in [-0.2, 0) is 14.8 Å². The summed E-state index contributed by atoms with van der Waals surface area (Å²) in [6, 6.07) is -1.15. The molecule has 0 radical (unpaired) electrons. The molecule has 0 aliphatic rings. The highest BCUT2D eigenvalue weighted by Crippen LogP contribution is 2.12. The lowest BCUT2D eigenvalue weighted by Gasteiger charge is -2.19. The van der Waals surface area contributed by atoms with E-state index in [4.69, 9.17) is 5.11 Å². The van der Waals surface area contributed by atoms with Gasteiger partial charge in [0.15, 0.2) is 5.03 Å². The predicted octanol–water partition coefficient (Wildman–Crippen LogP) is 0.187. The fourth-order valence-electron chi connectivity index (χ4n) is 1.27. The highest BCUT2D eigenvalue weighted by atomic mass is 32.2. The van der Waals surface area contributed by atoms with Crippen LogP contribution in [0.3, 0.4) is 0 Å². The van der Waals surface area contributed by atoms with Gasteiger partial charge in [0.1, 0.15) is 6.04 Å².